The van der Waals surface area contributed by atoms with Gasteiger partial charge in [0, 0.05) is 26.4 Å². The predicted octanol–water partition coefficient (Wildman–Crippen LogP) is 3.41. The molecule has 0 atom stereocenters. The Hall–Kier alpha value is -0.420. The van der Waals surface area contributed by atoms with Crippen LogP contribution in [0.5, 0.6) is 0 Å². The van der Waals surface area contributed by atoms with Crippen LogP contribution in [-0.4, -0.2) is 4.98 Å². The van der Waals surface area contributed by atoms with Crippen LogP contribution >= 0.6 is 33.9 Å². The van der Waals surface area contributed by atoms with E-state index in [-0.39, 0.29) is 0 Å². The standard InChI is InChI=1S/C9H6INS/c10-8-4-7(5-11-6-8)9-2-1-3-12-9/h1-6H. The third-order valence-electron chi connectivity index (χ3n) is 1.51. The van der Waals surface area contributed by atoms with Crippen LogP contribution in [0.1, 0.15) is 0 Å². The first kappa shape index (κ1) is 8.19. The van der Waals surface area contributed by atoms with Crippen molar-refractivity contribution >= 4 is 33.9 Å². The lowest BCUT2D eigenvalue weighted by Crippen LogP contribution is -1.77. The van der Waals surface area contributed by atoms with Gasteiger partial charge in [0.05, 0.1) is 0 Å². The minimum atomic E-state index is 1.18. The summed E-state index contributed by atoms with van der Waals surface area (Å²) in [6.07, 6.45) is 3.76. The fourth-order valence-electron chi connectivity index (χ4n) is 0.989. The van der Waals surface area contributed by atoms with Crippen LogP contribution in [0.2, 0.25) is 0 Å². The molecule has 0 fully saturated rings. The Morgan fingerprint density at radius 3 is 2.92 bits per heavy atom. The molecule has 12 heavy (non-hydrogen) atoms. The summed E-state index contributed by atoms with van der Waals surface area (Å²) in [6, 6.07) is 6.30. The molecule has 0 bridgehead atoms. The van der Waals surface area contributed by atoms with Gasteiger partial charge in [-0.15, -0.1) is 11.3 Å². The van der Waals surface area contributed by atoms with E-state index in [0.29, 0.717) is 0 Å². The molecule has 0 saturated carbocycles. The number of thiophene rings is 1. The molecule has 0 saturated heterocycles. The molecule has 0 aliphatic heterocycles. The lowest BCUT2D eigenvalue weighted by atomic mass is 10.2. The first-order valence-corrected chi connectivity index (χ1v) is 5.46. The molecule has 60 valence electrons. The molecule has 0 aliphatic rings. The number of pyridine rings is 1. The molecule has 0 unspecified atom stereocenters. The van der Waals surface area contributed by atoms with E-state index in [2.05, 4.69) is 51.2 Å². The van der Waals surface area contributed by atoms with Gasteiger partial charge in [-0.2, -0.15) is 0 Å². The molecule has 0 spiro atoms. The average molecular weight is 287 g/mol. The first-order chi connectivity index (χ1) is 5.86. The predicted molar refractivity (Wildman–Crippen MR) is 60.3 cm³/mol. The van der Waals surface area contributed by atoms with E-state index < -0.39 is 0 Å². The molecule has 0 aromatic carbocycles. The fraction of sp³-hybridized carbons (Fsp3) is 0. The van der Waals surface area contributed by atoms with Crippen LogP contribution in [-0.2, 0) is 0 Å². The number of aromatic nitrogens is 1. The Morgan fingerprint density at radius 1 is 1.33 bits per heavy atom. The summed E-state index contributed by atoms with van der Waals surface area (Å²) in [5, 5.41) is 2.08. The van der Waals surface area contributed by atoms with Crippen molar-refractivity contribution in [3.63, 3.8) is 0 Å². The van der Waals surface area contributed by atoms with Gasteiger partial charge in [0.25, 0.3) is 0 Å². The monoisotopic (exact) mass is 287 g/mol. The maximum absolute atomic E-state index is 4.14. The number of halogens is 1. The molecule has 2 rings (SSSR count). The van der Waals surface area contributed by atoms with Gasteiger partial charge in [0.15, 0.2) is 0 Å². The van der Waals surface area contributed by atoms with Crippen molar-refractivity contribution < 1.29 is 0 Å². The normalized spacial score (nSPS) is 10.1. The van der Waals surface area contributed by atoms with Gasteiger partial charge in [0.1, 0.15) is 0 Å². The maximum atomic E-state index is 4.14. The largest absolute Gasteiger partial charge is 0.263 e. The van der Waals surface area contributed by atoms with E-state index in [1.165, 1.54) is 14.0 Å². The topological polar surface area (TPSA) is 12.9 Å². The molecular formula is C9H6INS. The molecule has 0 amide bonds. The zero-order valence-electron chi connectivity index (χ0n) is 6.20. The maximum Gasteiger partial charge on any atom is 0.0401 e. The molecule has 1 nitrogen and oxygen atoms in total. The number of hydrogen-bond donors (Lipinski definition) is 0. The Kier molecular flexibility index (Phi) is 2.41. The summed E-state index contributed by atoms with van der Waals surface area (Å²) in [5.74, 6) is 0. The van der Waals surface area contributed by atoms with Crippen molar-refractivity contribution in [2.24, 2.45) is 0 Å². The highest BCUT2D eigenvalue weighted by Gasteiger charge is 1.98. The smallest absolute Gasteiger partial charge is 0.0401 e. The Balaban J connectivity index is 2.48. The van der Waals surface area contributed by atoms with Crippen LogP contribution in [0.4, 0.5) is 0 Å². The second kappa shape index (κ2) is 3.53. The molecule has 3 heteroatoms. The van der Waals surface area contributed by atoms with Gasteiger partial charge >= 0.3 is 0 Å². The van der Waals surface area contributed by atoms with Crippen molar-refractivity contribution in [1.82, 2.24) is 4.98 Å². The molecule has 2 heterocycles. The summed E-state index contributed by atoms with van der Waals surface area (Å²) >= 11 is 4.01. The number of hydrogen-bond acceptors (Lipinski definition) is 2. The molecule has 2 aromatic rings. The second-order valence-electron chi connectivity index (χ2n) is 2.37. The van der Waals surface area contributed by atoms with Gasteiger partial charge < -0.3 is 0 Å². The van der Waals surface area contributed by atoms with Gasteiger partial charge in [0.2, 0.25) is 0 Å². The Labute approximate surface area is 88.6 Å². The minimum Gasteiger partial charge on any atom is -0.263 e. The Morgan fingerprint density at radius 2 is 2.25 bits per heavy atom. The summed E-state index contributed by atoms with van der Waals surface area (Å²) in [4.78, 5) is 5.42. The molecular weight excluding hydrogens is 281 g/mol. The molecule has 0 aliphatic carbocycles. The van der Waals surface area contributed by atoms with Crippen LogP contribution < -0.4 is 0 Å². The fourth-order valence-corrected chi connectivity index (χ4v) is 2.19. The minimum absolute atomic E-state index is 1.18. The summed E-state index contributed by atoms with van der Waals surface area (Å²) in [6.45, 7) is 0. The average Bonchev–Trinajstić information content (AvgIpc) is 2.56. The first-order valence-electron chi connectivity index (χ1n) is 3.51. The molecule has 0 N–H and O–H groups in total. The van der Waals surface area contributed by atoms with Gasteiger partial charge in [-0.3, -0.25) is 4.98 Å². The van der Waals surface area contributed by atoms with E-state index in [0.717, 1.165) is 0 Å². The van der Waals surface area contributed by atoms with E-state index in [1.807, 2.05) is 12.4 Å². The van der Waals surface area contributed by atoms with E-state index in [1.54, 1.807) is 11.3 Å². The highest BCUT2D eigenvalue weighted by molar-refractivity contribution is 14.1. The van der Waals surface area contributed by atoms with Crippen molar-refractivity contribution in [2.45, 2.75) is 0 Å². The van der Waals surface area contributed by atoms with E-state index in [4.69, 9.17) is 0 Å². The third-order valence-corrected chi connectivity index (χ3v) is 3.02. The van der Waals surface area contributed by atoms with Gasteiger partial charge in [-0.1, -0.05) is 6.07 Å². The highest BCUT2D eigenvalue weighted by atomic mass is 127. The Bertz CT molecular complexity index is 370. The van der Waals surface area contributed by atoms with Crippen LogP contribution in [0.25, 0.3) is 10.4 Å². The third kappa shape index (κ3) is 1.67. The zero-order valence-corrected chi connectivity index (χ0v) is 9.17. The van der Waals surface area contributed by atoms with Crippen molar-refractivity contribution in [1.29, 1.82) is 0 Å². The highest BCUT2D eigenvalue weighted by Crippen LogP contribution is 2.24. The second-order valence-corrected chi connectivity index (χ2v) is 4.56. The molecule has 2 aromatic heterocycles. The van der Waals surface area contributed by atoms with Crippen LogP contribution in [0.15, 0.2) is 36.0 Å². The lowest BCUT2D eigenvalue weighted by Gasteiger charge is -1.95. The SMILES string of the molecule is Ic1cncc(-c2cccs2)c1. The summed E-state index contributed by atoms with van der Waals surface area (Å²) < 4.78 is 1.18. The molecule has 0 radical (unpaired) electrons. The lowest BCUT2D eigenvalue weighted by molar-refractivity contribution is 1.31. The van der Waals surface area contributed by atoms with Gasteiger partial charge in [-0.05, 0) is 40.1 Å². The summed E-state index contributed by atoms with van der Waals surface area (Å²) in [5.41, 5.74) is 1.21. The van der Waals surface area contributed by atoms with Crippen molar-refractivity contribution in [2.75, 3.05) is 0 Å². The van der Waals surface area contributed by atoms with Gasteiger partial charge in [-0.25, -0.2) is 0 Å². The summed E-state index contributed by atoms with van der Waals surface area (Å²) in [7, 11) is 0. The zero-order chi connectivity index (χ0) is 8.39. The van der Waals surface area contributed by atoms with Crippen LogP contribution in [0.3, 0.4) is 0 Å². The quantitative estimate of drug-likeness (QED) is 0.732. The van der Waals surface area contributed by atoms with Crippen LogP contribution in [0, 0.1) is 3.57 Å². The van der Waals surface area contributed by atoms with E-state index in [9.17, 15) is 0 Å². The van der Waals surface area contributed by atoms with E-state index >= 15 is 0 Å². The van der Waals surface area contributed by atoms with Crippen molar-refractivity contribution in [3.8, 4) is 10.4 Å². The van der Waals surface area contributed by atoms with Crippen molar-refractivity contribution in [3.05, 3.63) is 39.5 Å². The number of rotatable bonds is 1. The number of nitrogens with zero attached hydrogens (tertiary/aromatic N) is 1.